The second-order valence-corrected chi connectivity index (χ2v) is 8.23. The van der Waals surface area contributed by atoms with Gasteiger partial charge in [0.25, 0.3) is 11.5 Å². The third-order valence-corrected chi connectivity index (χ3v) is 5.39. The zero-order chi connectivity index (χ0) is 24.1. The number of rotatable bonds is 7. The van der Waals surface area contributed by atoms with E-state index in [1.807, 2.05) is 13.0 Å². The van der Waals surface area contributed by atoms with Gasteiger partial charge in [-0.2, -0.15) is 9.78 Å². The van der Waals surface area contributed by atoms with E-state index < -0.39 is 0 Å². The fourth-order valence-electron chi connectivity index (χ4n) is 3.20. The number of anilines is 1. The molecule has 0 radical (unpaired) electrons. The van der Waals surface area contributed by atoms with Crippen LogP contribution in [0.2, 0.25) is 0 Å². The Morgan fingerprint density at radius 3 is 2.59 bits per heavy atom. The molecule has 0 bridgehead atoms. The smallest absolute Gasteiger partial charge is 0.282 e. The number of hydrogen-bond acceptors (Lipinski definition) is 5. The van der Waals surface area contributed by atoms with Gasteiger partial charge >= 0.3 is 0 Å². The second-order valence-electron chi connectivity index (χ2n) is 7.32. The number of nitrogens with zero attached hydrogens (tertiary/aromatic N) is 3. The van der Waals surface area contributed by atoms with E-state index in [2.05, 4.69) is 31.3 Å². The Labute approximate surface area is 203 Å². The van der Waals surface area contributed by atoms with E-state index >= 15 is 0 Å². The van der Waals surface area contributed by atoms with Crippen molar-refractivity contribution in [3.05, 3.63) is 98.8 Å². The van der Waals surface area contributed by atoms with Crippen molar-refractivity contribution in [3.8, 4) is 5.75 Å². The molecule has 1 N–H and O–H groups in total. The van der Waals surface area contributed by atoms with Gasteiger partial charge in [-0.25, -0.2) is 9.37 Å². The number of carbonyl (C=O) groups excluding carboxylic acids is 1. The number of amides is 1. The minimum atomic E-state index is -0.376. The second kappa shape index (κ2) is 10.4. The number of benzene rings is 3. The summed E-state index contributed by atoms with van der Waals surface area (Å²) < 4.78 is 20.5. The Bertz CT molecular complexity index is 1420. The Morgan fingerprint density at radius 1 is 1.15 bits per heavy atom. The number of carbonyl (C=O) groups is 1. The summed E-state index contributed by atoms with van der Waals surface area (Å²) in [6.45, 7) is 1.72. The lowest BCUT2D eigenvalue weighted by molar-refractivity contribution is -0.118. The van der Waals surface area contributed by atoms with Crippen LogP contribution < -0.4 is 15.6 Å². The molecule has 34 heavy (non-hydrogen) atoms. The van der Waals surface area contributed by atoms with Crippen molar-refractivity contribution in [3.63, 3.8) is 0 Å². The Balaban J connectivity index is 1.43. The predicted octanol–water partition coefficient (Wildman–Crippen LogP) is 4.76. The fourth-order valence-corrected chi connectivity index (χ4v) is 3.56. The van der Waals surface area contributed by atoms with Crippen LogP contribution in [0.25, 0.3) is 10.9 Å². The predicted molar refractivity (Wildman–Crippen MR) is 133 cm³/mol. The van der Waals surface area contributed by atoms with Crippen LogP contribution in [0.3, 0.4) is 0 Å². The quantitative estimate of drug-likeness (QED) is 0.354. The summed E-state index contributed by atoms with van der Waals surface area (Å²) in [5, 5.41) is 7.46. The molecule has 7 nitrogen and oxygen atoms in total. The molecule has 172 valence electrons. The monoisotopic (exact) mass is 522 g/mol. The van der Waals surface area contributed by atoms with E-state index in [4.69, 9.17) is 4.74 Å². The lowest BCUT2D eigenvalue weighted by Gasteiger charge is -2.08. The molecular weight excluding hydrogens is 503 g/mol. The SMILES string of the molecule is CCc1nc2ccc(Br)cc2c(=O)n1N=Cc1ccc(OCC(=O)Nc2ccc(F)cc2)cc1. The summed E-state index contributed by atoms with van der Waals surface area (Å²) in [5.41, 5.74) is 1.61. The van der Waals surface area contributed by atoms with E-state index in [0.29, 0.717) is 34.6 Å². The summed E-state index contributed by atoms with van der Waals surface area (Å²) in [6, 6.07) is 17.8. The maximum absolute atomic E-state index is 12.9. The minimum Gasteiger partial charge on any atom is -0.484 e. The molecule has 3 aromatic carbocycles. The molecule has 0 unspecified atom stereocenters. The first-order valence-corrected chi connectivity index (χ1v) is 11.3. The zero-order valence-corrected chi connectivity index (χ0v) is 19.8. The van der Waals surface area contributed by atoms with Crippen molar-refractivity contribution in [2.75, 3.05) is 11.9 Å². The van der Waals surface area contributed by atoms with Crippen LogP contribution in [0.5, 0.6) is 5.75 Å². The van der Waals surface area contributed by atoms with E-state index in [1.165, 1.54) is 28.9 Å². The van der Waals surface area contributed by atoms with Crippen molar-refractivity contribution >= 4 is 44.6 Å². The van der Waals surface area contributed by atoms with E-state index in [-0.39, 0.29) is 23.9 Å². The summed E-state index contributed by atoms with van der Waals surface area (Å²) in [5.74, 6) is 0.316. The highest BCUT2D eigenvalue weighted by Crippen LogP contribution is 2.16. The van der Waals surface area contributed by atoms with Crippen molar-refractivity contribution in [1.82, 2.24) is 9.66 Å². The molecule has 0 atom stereocenters. The number of halogens is 2. The van der Waals surface area contributed by atoms with Gasteiger partial charge in [0.05, 0.1) is 17.1 Å². The molecule has 0 saturated carbocycles. The molecule has 0 fully saturated rings. The normalized spacial score (nSPS) is 11.1. The standard InChI is InChI=1S/C25H20BrFN4O3/c1-2-23-30-22-12-5-17(26)13-21(22)25(33)31(23)28-14-16-3-10-20(11-4-16)34-15-24(32)29-19-8-6-18(27)7-9-19/h3-14H,2,15H2,1H3,(H,29,32). The zero-order valence-electron chi connectivity index (χ0n) is 18.2. The van der Waals surface area contributed by atoms with Crippen LogP contribution in [0.1, 0.15) is 18.3 Å². The van der Waals surface area contributed by atoms with Gasteiger partial charge in [0.2, 0.25) is 0 Å². The molecule has 1 heterocycles. The Morgan fingerprint density at radius 2 is 1.88 bits per heavy atom. The first-order valence-electron chi connectivity index (χ1n) is 10.5. The summed E-state index contributed by atoms with van der Waals surface area (Å²) in [4.78, 5) is 29.5. The molecule has 0 aliphatic carbocycles. The molecule has 1 aromatic heterocycles. The number of hydrogen-bond donors (Lipinski definition) is 1. The molecule has 0 aliphatic rings. The lowest BCUT2D eigenvalue weighted by Crippen LogP contribution is -2.22. The molecular formula is C25H20BrFN4O3. The van der Waals surface area contributed by atoms with Gasteiger partial charge in [-0.15, -0.1) is 0 Å². The highest BCUT2D eigenvalue weighted by Gasteiger charge is 2.10. The number of aromatic nitrogens is 2. The summed E-state index contributed by atoms with van der Waals surface area (Å²) in [6.07, 6.45) is 2.11. The third-order valence-electron chi connectivity index (χ3n) is 4.89. The van der Waals surface area contributed by atoms with Gasteiger partial charge in [0.1, 0.15) is 17.4 Å². The van der Waals surface area contributed by atoms with Gasteiger partial charge in [-0.1, -0.05) is 22.9 Å². The van der Waals surface area contributed by atoms with Gasteiger partial charge in [0.15, 0.2) is 6.61 Å². The number of nitrogens with one attached hydrogen (secondary N) is 1. The van der Waals surface area contributed by atoms with Gasteiger partial charge in [-0.05, 0) is 72.3 Å². The van der Waals surface area contributed by atoms with Crippen molar-refractivity contribution in [2.45, 2.75) is 13.3 Å². The first kappa shape index (κ1) is 23.3. The van der Waals surface area contributed by atoms with Gasteiger partial charge in [0, 0.05) is 16.6 Å². The van der Waals surface area contributed by atoms with E-state index in [1.54, 1.807) is 42.6 Å². The van der Waals surface area contributed by atoms with Crippen LogP contribution >= 0.6 is 15.9 Å². The Hall–Kier alpha value is -3.85. The maximum atomic E-state index is 12.9. The largest absolute Gasteiger partial charge is 0.484 e. The molecule has 4 rings (SSSR count). The molecule has 0 saturated heterocycles. The molecule has 0 spiro atoms. The molecule has 1 amide bonds. The topological polar surface area (TPSA) is 85.6 Å². The highest BCUT2D eigenvalue weighted by molar-refractivity contribution is 9.10. The molecule has 9 heteroatoms. The number of ether oxygens (including phenoxy) is 1. The van der Waals surface area contributed by atoms with Crippen LogP contribution in [0.4, 0.5) is 10.1 Å². The molecule has 0 aliphatic heterocycles. The summed E-state index contributed by atoms with van der Waals surface area (Å²) in [7, 11) is 0. The van der Waals surface area contributed by atoms with Crippen LogP contribution in [-0.4, -0.2) is 28.4 Å². The van der Waals surface area contributed by atoms with Crippen molar-refractivity contribution in [1.29, 1.82) is 0 Å². The highest BCUT2D eigenvalue weighted by atomic mass is 79.9. The van der Waals surface area contributed by atoms with Crippen LogP contribution in [-0.2, 0) is 11.2 Å². The maximum Gasteiger partial charge on any atom is 0.282 e. The van der Waals surface area contributed by atoms with E-state index in [0.717, 1.165) is 10.0 Å². The third kappa shape index (κ3) is 5.55. The van der Waals surface area contributed by atoms with E-state index in [9.17, 15) is 14.0 Å². The lowest BCUT2D eigenvalue weighted by atomic mass is 10.2. The fraction of sp³-hybridized carbons (Fsp3) is 0.120. The Kier molecular flexibility index (Phi) is 7.12. The number of fused-ring (bicyclic) bond motifs is 1. The van der Waals surface area contributed by atoms with Crippen molar-refractivity contribution in [2.24, 2.45) is 5.10 Å². The molecule has 4 aromatic rings. The average molecular weight is 523 g/mol. The van der Waals surface area contributed by atoms with Crippen LogP contribution in [0, 0.1) is 5.82 Å². The minimum absolute atomic E-state index is 0.196. The van der Waals surface area contributed by atoms with Crippen LogP contribution in [0.15, 0.2) is 81.1 Å². The number of aryl methyl sites for hydroxylation is 1. The van der Waals surface area contributed by atoms with Gasteiger partial charge < -0.3 is 10.1 Å². The average Bonchev–Trinajstić information content (AvgIpc) is 2.84. The van der Waals surface area contributed by atoms with Gasteiger partial charge in [-0.3, -0.25) is 9.59 Å². The van der Waals surface area contributed by atoms with Crippen molar-refractivity contribution < 1.29 is 13.9 Å². The first-order chi connectivity index (χ1) is 16.4. The summed E-state index contributed by atoms with van der Waals surface area (Å²) >= 11 is 3.38.